The third-order valence-corrected chi connectivity index (χ3v) is 3.76. The van der Waals surface area contributed by atoms with Crippen LogP contribution in [0.15, 0.2) is 12.4 Å². The van der Waals surface area contributed by atoms with Gasteiger partial charge in [-0.05, 0) is 26.7 Å². The van der Waals surface area contributed by atoms with Crippen LogP contribution < -0.4 is 11.1 Å². The summed E-state index contributed by atoms with van der Waals surface area (Å²) in [5, 5.41) is 7.03. The van der Waals surface area contributed by atoms with Crippen LogP contribution in [0.25, 0.3) is 0 Å². The molecule has 0 aliphatic heterocycles. The molecule has 2 rings (SSSR count). The van der Waals surface area contributed by atoms with Gasteiger partial charge in [-0.3, -0.25) is 9.48 Å². The lowest BCUT2D eigenvalue weighted by atomic mass is 9.84. The standard InChI is InChI=1S/C12H20N4O/c1-3-16-8-9(7-14-16)15-11(17)12(2)6-4-5-10(12)13/h7-8,10H,3-6,13H2,1-2H3,(H,15,17). The van der Waals surface area contributed by atoms with Crippen LogP contribution in [0.5, 0.6) is 0 Å². The van der Waals surface area contributed by atoms with Crippen LogP contribution >= 0.6 is 0 Å². The van der Waals surface area contributed by atoms with E-state index in [0.717, 1.165) is 31.5 Å². The highest BCUT2D eigenvalue weighted by atomic mass is 16.2. The Labute approximate surface area is 101 Å². The molecule has 0 aromatic carbocycles. The Morgan fingerprint density at radius 3 is 3.06 bits per heavy atom. The number of aryl methyl sites for hydroxylation is 1. The van der Waals surface area contributed by atoms with Crippen molar-refractivity contribution < 1.29 is 4.79 Å². The van der Waals surface area contributed by atoms with Crippen LogP contribution in [0.4, 0.5) is 5.69 Å². The number of carbonyl (C=O) groups is 1. The lowest BCUT2D eigenvalue weighted by molar-refractivity contribution is -0.125. The molecule has 94 valence electrons. The molecule has 1 aliphatic rings. The smallest absolute Gasteiger partial charge is 0.231 e. The van der Waals surface area contributed by atoms with Crippen molar-refractivity contribution in [1.82, 2.24) is 9.78 Å². The predicted molar refractivity (Wildman–Crippen MR) is 66.5 cm³/mol. The van der Waals surface area contributed by atoms with E-state index >= 15 is 0 Å². The van der Waals surface area contributed by atoms with Crippen LogP contribution in [0.2, 0.25) is 0 Å². The average molecular weight is 236 g/mol. The average Bonchev–Trinajstić information content (AvgIpc) is 2.88. The fourth-order valence-electron chi connectivity index (χ4n) is 2.35. The van der Waals surface area contributed by atoms with Gasteiger partial charge in [0.1, 0.15) is 0 Å². The summed E-state index contributed by atoms with van der Waals surface area (Å²) in [6.45, 7) is 4.75. The van der Waals surface area contributed by atoms with Crippen molar-refractivity contribution in [2.75, 3.05) is 5.32 Å². The summed E-state index contributed by atoms with van der Waals surface area (Å²) in [5.74, 6) is 0.0122. The Morgan fingerprint density at radius 1 is 1.76 bits per heavy atom. The summed E-state index contributed by atoms with van der Waals surface area (Å²) in [7, 11) is 0. The van der Waals surface area contributed by atoms with E-state index in [9.17, 15) is 4.79 Å². The number of hydrogen-bond acceptors (Lipinski definition) is 3. The minimum atomic E-state index is -0.436. The topological polar surface area (TPSA) is 72.9 Å². The van der Waals surface area contributed by atoms with Gasteiger partial charge in [0.2, 0.25) is 5.91 Å². The van der Waals surface area contributed by atoms with Crippen molar-refractivity contribution in [1.29, 1.82) is 0 Å². The normalized spacial score (nSPS) is 28.3. The maximum absolute atomic E-state index is 12.2. The molecule has 17 heavy (non-hydrogen) atoms. The highest BCUT2D eigenvalue weighted by Crippen LogP contribution is 2.37. The molecule has 0 bridgehead atoms. The molecule has 1 aromatic heterocycles. The molecule has 1 aliphatic carbocycles. The van der Waals surface area contributed by atoms with Gasteiger partial charge in [-0.1, -0.05) is 6.42 Å². The van der Waals surface area contributed by atoms with E-state index in [4.69, 9.17) is 5.73 Å². The highest BCUT2D eigenvalue weighted by molar-refractivity contribution is 5.95. The molecule has 1 aromatic rings. The summed E-state index contributed by atoms with van der Waals surface area (Å²) < 4.78 is 1.78. The summed E-state index contributed by atoms with van der Waals surface area (Å²) in [5.41, 5.74) is 6.33. The first-order valence-electron chi connectivity index (χ1n) is 6.16. The van der Waals surface area contributed by atoms with Gasteiger partial charge < -0.3 is 11.1 Å². The summed E-state index contributed by atoms with van der Waals surface area (Å²) in [4.78, 5) is 12.2. The molecule has 0 radical (unpaired) electrons. The van der Waals surface area contributed by atoms with E-state index in [2.05, 4.69) is 10.4 Å². The van der Waals surface area contributed by atoms with E-state index < -0.39 is 5.41 Å². The van der Waals surface area contributed by atoms with Crippen molar-refractivity contribution in [3.8, 4) is 0 Å². The first-order chi connectivity index (χ1) is 8.06. The minimum Gasteiger partial charge on any atom is -0.327 e. The molecular formula is C12H20N4O. The molecule has 1 saturated carbocycles. The van der Waals surface area contributed by atoms with E-state index in [1.807, 2.05) is 20.0 Å². The SMILES string of the molecule is CCn1cc(NC(=O)C2(C)CCCC2N)cn1. The summed E-state index contributed by atoms with van der Waals surface area (Å²) >= 11 is 0. The van der Waals surface area contributed by atoms with E-state index in [0.29, 0.717) is 0 Å². The molecule has 0 saturated heterocycles. The maximum Gasteiger partial charge on any atom is 0.231 e. The molecule has 5 nitrogen and oxygen atoms in total. The zero-order chi connectivity index (χ0) is 12.5. The van der Waals surface area contributed by atoms with Crippen molar-refractivity contribution in [2.45, 2.75) is 45.7 Å². The van der Waals surface area contributed by atoms with Crippen molar-refractivity contribution in [3.63, 3.8) is 0 Å². The number of carbonyl (C=O) groups excluding carboxylic acids is 1. The second kappa shape index (κ2) is 4.49. The zero-order valence-electron chi connectivity index (χ0n) is 10.4. The summed E-state index contributed by atoms with van der Waals surface area (Å²) in [6, 6.07) is -0.0382. The van der Waals surface area contributed by atoms with Gasteiger partial charge in [-0.15, -0.1) is 0 Å². The van der Waals surface area contributed by atoms with Crippen LogP contribution in [0.3, 0.4) is 0 Å². The lowest BCUT2D eigenvalue weighted by Crippen LogP contribution is -2.44. The highest BCUT2D eigenvalue weighted by Gasteiger charge is 2.42. The maximum atomic E-state index is 12.2. The van der Waals surface area contributed by atoms with Crippen molar-refractivity contribution >= 4 is 11.6 Å². The monoisotopic (exact) mass is 236 g/mol. The molecule has 5 heteroatoms. The fourth-order valence-corrected chi connectivity index (χ4v) is 2.35. The van der Waals surface area contributed by atoms with Crippen LogP contribution in [-0.4, -0.2) is 21.7 Å². The molecule has 1 heterocycles. The zero-order valence-corrected chi connectivity index (χ0v) is 10.4. The Balaban J connectivity index is 2.06. The number of nitrogens with one attached hydrogen (secondary N) is 1. The Bertz CT molecular complexity index is 414. The first kappa shape index (κ1) is 12.1. The number of nitrogens with two attached hydrogens (primary N) is 1. The van der Waals surface area contributed by atoms with E-state index in [-0.39, 0.29) is 11.9 Å². The number of aromatic nitrogens is 2. The molecule has 2 unspecified atom stereocenters. The summed E-state index contributed by atoms with van der Waals surface area (Å²) in [6.07, 6.45) is 6.33. The van der Waals surface area contributed by atoms with Gasteiger partial charge in [0.05, 0.1) is 17.3 Å². The van der Waals surface area contributed by atoms with Crippen LogP contribution in [-0.2, 0) is 11.3 Å². The molecule has 1 fully saturated rings. The lowest BCUT2D eigenvalue weighted by Gasteiger charge is -2.27. The number of anilines is 1. The van der Waals surface area contributed by atoms with Crippen LogP contribution in [0.1, 0.15) is 33.1 Å². The van der Waals surface area contributed by atoms with Gasteiger partial charge >= 0.3 is 0 Å². The number of hydrogen-bond donors (Lipinski definition) is 2. The van der Waals surface area contributed by atoms with Crippen LogP contribution in [0, 0.1) is 5.41 Å². The molecule has 0 spiro atoms. The molecule has 2 atom stereocenters. The van der Waals surface area contributed by atoms with E-state index in [1.54, 1.807) is 10.9 Å². The minimum absolute atomic E-state index is 0.0122. The van der Waals surface area contributed by atoms with Gasteiger partial charge in [-0.25, -0.2) is 0 Å². The third-order valence-electron chi connectivity index (χ3n) is 3.76. The van der Waals surface area contributed by atoms with Gasteiger partial charge in [0.25, 0.3) is 0 Å². The second-order valence-corrected chi connectivity index (χ2v) is 4.96. The quantitative estimate of drug-likeness (QED) is 0.832. The molecule has 1 amide bonds. The third kappa shape index (κ3) is 2.20. The second-order valence-electron chi connectivity index (χ2n) is 4.96. The van der Waals surface area contributed by atoms with Crippen molar-refractivity contribution in [3.05, 3.63) is 12.4 Å². The van der Waals surface area contributed by atoms with Gasteiger partial charge in [0.15, 0.2) is 0 Å². The fraction of sp³-hybridized carbons (Fsp3) is 0.667. The number of nitrogens with zero attached hydrogens (tertiary/aromatic N) is 2. The van der Waals surface area contributed by atoms with Gasteiger partial charge in [-0.2, -0.15) is 5.10 Å². The molecular weight excluding hydrogens is 216 g/mol. The number of rotatable bonds is 3. The molecule has 3 N–H and O–H groups in total. The van der Waals surface area contributed by atoms with E-state index in [1.165, 1.54) is 0 Å². The Hall–Kier alpha value is -1.36. The van der Waals surface area contributed by atoms with Crippen molar-refractivity contribution in [2.24, 2.45) is 11.1 Å². The first-order valence-corrected chi connectivity index (χ1v) is 6.16. The Kier molecular flexibility index (Phi) is 3.19. The number of amides is 1. The van der Waals surface area contributed by atoms with Gasteiger partial charge in [0, 0.05) is 18.8 Å². The predicted octanol–water partition coefficient (Wildman–Crippen LogP) is 1.36. The Morgan fingerprint density at radius 2 is 2.53 bits per heavy atom. The largest absolute Gasteiger partial charge is 0.327 e.